The number of fused-ring (bicyclic) bond motifs is 5. The molecule has 1 unspecified atom stereocenters. The van der Waals surface area contributed by atoms with E-state index in [1.54, 1.807) is 5.57 Å². The summed E-state index contributed by atoms with van der Waals surface area (Å²) in [7, 11) is 0. The van der Waals surface area contributed by atoms with Crippen LogP contribution in [0.4, 0.5) is 0 Å². The lowest BCUT2D eigenvalue weighted by atomic mass is 9.47. The summed E-state index contributed by atoms with van der Waals surface area (Å²) in [6, 6.07) is 0. The molecular formula is C58H103NO5. The summed E-state index contributed by atoms with van der Waals surface area (Å²) in [5.74, 6) is 5.34. The molecule has 9 atom stereocenters. The van der Waals surface area contributed by atoms with Gasteiger partial charge in [-0.25, -0.2) is 0 Å². The number of allylic oxidation sites excluding steroid dienone is 5. The first-order chi connectivity index (χ1) is 31.2. The Morgan fingerprint density at radius 1 is 0.703 bits per heavy atom. The summed E-state index contributed by atoms with van der Waals surface area (Å²) in [5.41, 5.74) is 2.66. The second-order valence-electron chi connectivity index (χ2n) is 22.5. The van der Waals surface area contributed by atoms with E-state index >= 15 is 0 Å². The van der Waals surface area contributed by atoms with Crippen LogP contribution in [0.3, 0.4) is 0 Å². The van der Waals surface area contributed by atoms with Gasteiger partial charge in [-0.3, -0.25) is 0 Å². The first kappa shape index (κ1) is 53.9. The topological polar surface area (TPSA) is 49.4 Å². The van der Waals surface area contributed by atoms with Gasteiger partial charge in [0.2, 0.25) is 0 Å². The van der Waals surface area contributed by atoms with E-state index in [1.807, 2.05) is 0 Å². The second-order valence-corrected chi connectivity index (χ2v) is 22.5. The Balaban J connectivity index is 0.893. The van der Waals surface area contributed by atoms with Crippen LogP contribution in [0.5, 0.6) is 0 Å². The van der Waals surface area contributed by atoms with Crippen LogP contribution in [-0.2, 0) is 23.7 Å². The Morgan fingerprint density at radius 2 is 1.45 bits per heavy atom. The Labute approximate surface area is 396 Å². The number of ether oxygens (including phenoxy) is 5. The third-order valence-corrected chi connectivity index (χ3v) is 17.3. The van der Waals surface area contributed by atoms with Gasteiger partial charge in [-0.15, -0.1) is 0 Å². The Kier molecular flexibility index (Phi) is 25.7. The largest absolute Gasteiger partial charge is 0.377 e. The van der Waals surface area contributed by atoms with Gasteiger partial charge in [-0.05, 0) is 162 Å². The zero-order valence-corrected chi connectivity index (χ0v) is 42.9. The highest BCUT2D eigenvalue weighted by Gasteiger charge is 2.59. The molecule has 1 heterocycles. The number of unbranched alkanes of at least 4 members (excludes halogenated alkanes) is 9. The fraction of sp³-hybridized carbons (Fsp3) is 0.897. The number of nitrogens with zero attached hydrogens (tertiary/aromatic N) is 1. The van der Waals surface area contributed by atoms with Crippen LogP contribution in [-0.4, -0.2) is 83.2 Å². The molecule has 0 radical (unpaired) electrons. The number of likely N-dealkylation sites (tertiary alicyclic amines) is 1. The van der Waals surface area contributed by atoms with Crippen molar-refractivity contribution in [1.82, 2.24) is 4.90 Å². The lowest BCUT2D eigenvalue weighted by Gasteiger charge is -2.58. The van der Waals surface area contributed by atoms with E-state index in [2.05, 4.69) is 76.8 Å². The van der Waals surface area contributed by atoms with Crippen LogP contribution in [0.1, 0.15) is 208 Å². The predicted molar refractivity (Wildman–Crippen MR) is 270 cm³/mol. The predicted octanol–water partition coefficient (Wildman–Crippen LogP) is 15.1. The fourth-order valence-corrected chi connectivity index (χ4v) is 13.5. The van der Waals surface area contributed by atoms with Crippen molar-refractivity contribution < 1.29 is 23.7 Å². The monoisotopic (exact) mass is 894 g/mol. The molecule has 0 N–H and O–H groups in total. The average molecular weight is 894 g/mol. The van der Waals surface area contributed by atoms with Crippen molar-refractivity contribution in [1.29, 1.82) is 0 Å². The van der Waals surface area contributed by atoms with Crippen molar-refractivity contribution in [3.8, 4) is 0 Å². The maximum atomic E-state index is 6.51. The van der Waals surface area contributed by atoms with E-state index < -0.39 is 0 Å². The van der Waals surface area contributed by atoms with Crippen molar-refractivity contribution >= 4 is 0 Å². The third-order valence-electron chi connectivity index (χ3n) is 17.3. The van der Waals surface area contributed by atoms with Crippen molar-refractivity contribution in [3.05, 3.63) is 36.0 Å². The van der Waals surface area contributed by atoms with E-state index in [-0.39, 0.29) is 6.10 Å². The molecule has 3 saturated carbocycles. The minimum absolute atomic E-state index is 0.0412. The molecular weight excluding hydrogens is 791 g/mol. The van der Waals surface area contributed by atoms with Gasteiger partial charge in [0.15, 0.2) is 0 Å². The summed E-state index contributed by atoms with van der Waals surface area (Å²) < 4.78 is 30.8. The summed E-state index contributed by atoms with van der Waals surface area (Å²) in [4.78, 5) is 2.54. The van der Waals surface area contributed by atoms with Crippen LogP contribution in [0.2, 0.25) is 0 Å². The highest BCUT2D eigenvalue weighted by molar-refractivity contribution is 5.25. The van der Waals surface area contributed by atoms with Crippen molar-refractivity contribution in [2.75, 3.05) is 66.1 Å². The molecule has 0 aromatic carbocycles. The average Bonchev–Trinajstić information content (AvgIpc) is 3.65. The molecule has 5 rings (SSSR count). The smallest absolute Gasteiger partial charge is 0.146 e. The standard InChI is InChI=1S/C58H103NO5/c1-7-8-9-10-11-12-13-14-15-16-17-18-19-20-21-25-39-61-47-62-46-52(45-59-37-23-22-24-38-59)64-43-41-60-40-42-63-51-33-35-57(5)50(44-51)29-30-53-55-32-31-54(49(4)28-26-27-48(2)3)58(55,6)36-34-56(53)57/h11-12,14-15,29,48-49,51-56H,7-10,13,16-28,30-47H2,1-6H3/b12-11-,15-14-/t49-,51+,52?,53+,54-,55+,56+,57+,58-/m1/s1. The molecule has 64 heavy (non-hydrogen) atoms. The minimum atomic E-state index is 0.0412. The van der Waals surface area contributed by atoms with E-state index in [1.165, 1.54) is 148 Å². The highest BCUT2D eigenvalue weighted by atomic mass is 16.7. The van der Waals surface area contributed by atoms with Crippen LogP contribution < -0.4 is 0 Å². The maximum absolute atomic E-state index is 6.51. The molecule has 0 bridgehead atoms. The molecule has 0 aromatic heterocycles. The van der Waals surface area contributed by atoms with E-state index in [0.29, 0.717) is 56.8 Å². The molecule has 5 aliphatic rings. The van der Waals surface area contributed by atoms with Crippen LogP contribution in [0.25, 0.3) is 0 Å². The van der Waals surface area contributed by atoms with E-state index in [9.17, 15) is 0 Å². The molecule has 4 fully saturated rings. The molecule has 6 heteroatoms. The quantitative estimate of drug-likeness (QED) is 0.0364. The van der Waals surface area contributed by atoms with Gasteiger partial charge in [0.1, 0.15) is 6.79 Å². The number of hydrogen-bond acceptors (Lipinski definition) is 6. The molecule has 6 nitrogen and oxygen atoms in total. The number of piperidine rings is 1. The Hall–Kier alpha value is -1.02. The highest BCUT2D eigenvalue weighted by Crippen LogP contribution is 2.67. The lowest BCUT2D eigenvalue weighted by molar-refractivity contribution is -0.106. The normalized spacial score (nSPS) is 29.6. The van der Waals surface area contributed by atoms with Gasteiger partial charge in [-0.1, -0.05) is 142 Å². The molecule has 1 aliphatic heterocycles. The van der Waals surface area contributed by atoms with Crippen LogP contribution in [0, 0.1) is 46.3 Å². The van der Waals surface area contributed by atoms with Gasteiger partial charge in [0, 0.05) is 13.2 Å². The van der Waals surface area contributed by atoms with Gasteiger partial charge >= 0.3 is 0 Å². The molecule has 0 spiro atoms. The molecule has 0 amide bonds. The number of hydrogen-bond donors (Lipinski definition) is 0. The summed E-state index contributed by atoms with van der Waals surface area (Å²) in [5, 5.41) is 0. The van der Waals surface area contributed by atoms with Crippen molar-refractivity contribution in [2.45, 2.75) is 221 Å². The van der Waals surface area contributed by atoms with Gasteiger partial charge < -0.3 is 28.6 Å². The molecule has 370 valence electrons. The third kappa shape index (κ3) is 17.8. The van der Waals surface area contributed by atoms with Crippen molar-refractivity contribution in [2.24, 2.45) is 46.3 Å². The summed E-state index contributed by atoms with van der Waals surface area (Å²) >= 11 is 0. The summed E-state index contributed by atoms with van der Waals surface area (Å²) in [6.07, 6.45) is 46.5. The van der Waals surface area contributed by atoms with Crippen molar-refractivity contribution in [3.63, 3.8) is 0 Å². The lowest BCUT2D eigenvalue weighted by Crippen LogP contribution is -2.51. The van der Waals surface area contributed by atoms with Gasteiger partial charge in [-0.2, -0.15) is 0 Å². The minimum Gasteiger partial charge on any atom is -0.377 e. The Morgan fingerprint density at radius 3 is 2.23 bits per heavy atom. The van der Waals surface area contributed by atoms with Crippen LogP contribution in [0.15, 0.2) is 36.0 Å². The Bertz CT molecular complexity index is 1310. The first-order valence-corrected chi connectivity index (χ1v) is 27.9. The zero-order valence-electron chi connectivity index (χ0n) is 42.9. The first-order valence-electron chi connectivity index (χ1n) is 27.9. The number of rotatable bonds is 34. The van der Waals surface area contributed by atoms with E-state index in [0.717, 1.165) is 81.0 Å². The SMILES string of the molecule is CCCCC/C=C\C/C=C\CCCCCCCCOCOCC(CN1CCCCC1)OCCOCCO[C@H]1CC[C@@]2(C)C(=CC[C@H]3[C@@H]4CC[C@H]([C@H](C)CCCC(C)C)[C@@]4(C)CC[C@@H]32)C1. The molecule has 1 saturated heterocycles. The summed E-state index contributed by atoms with van der Waals surface area (Å²) in [6.45, 7) is 22.4. The van der Waals surface area contributed by atoms with Gasteiger partial charge in [0.25, 0.3) is 0 Å². The second kappa shape index (κ2) is 30.5. The van der Waals surface area contributed by atoms with Crippen LogP contribution >= 0.6 is 0 Å². The molecule has 4 aliphatic carbocycles. The molecule has 0 aromatic rings. The zero-order chi connectivity index (χ0) is 45.3. The fourth-order valence-electron chi connectivity index (χ4n) is 13.5. The van der Waals surface area contributed by atoms with Gasteiger partial charge in [0.05, 0.1) is 45.2 Å². The maximum Gasteiger partial charge on any atom is 0.146 e. The van der Waals surface area contributed by atoms with E-state index in [4.69, 9.17) is 23.7 Å².